The molecule has 3 heterocycles. The number of nitrogens with zero attached hydrogens (tertiary/aromatic N) is 4. The Balaban J connectivity index is 1.47. The standard InChI is InChI=1S/C29H20N4O3/c1-35-20-12-9-18(10-13-20)25-23-14-11-19(34)15-24(23)36-29-26(25)28-31-27(32-33(28)16-30-29)22-8-4-6-17-5-2-3-7-21(17)22/h2-16,25,34H,1H3/t25-/m0/s1. The van der Waals surface area contributed by atoms with E-state index in [1.165, 1.54) is 0 Å². The van der Waals surface area contributed by atoms with Gasteiger partial charge in [0.25, 0.3) is 0 Å². The van der Waals surface area contributed by atoms with E-state index in [2.05, 4.69) is 23.2 Å². The molecule has 0 unspecified atom stereocenters. The molecule has 0 radical (unpaired) electrons. The second-order valence-electron chi connectivity index (χ2n) is 8.72. The maximum atomic E-state index is 10.1. The summed E-state index contributed by atoms with van der Waals surface area (Å²) in [6, 6.07) is 27.4. The molecule has 0 fully saturated rings. The van der Waals surface area contributed by atoms with Gasteiger partial charge in [-0.2, -0.15) is 0 Å². The molecule has 0 bridgehead atoms. The second kappa shape index (κ2) is 7.81. The molecule has 2 aromatic heterocycles. The van der Waals surface area contributed by atoms with Crippen molar-refractivity contribution < 1.29 is 14.6 Å². The lowest BCUT2D eigenvalue weighted by molar-refractivity contribution is 0.414. The summed E-state index contributed by atoms with van der Waals surface area (Å²) in [5.74, 6) is 2.30. The van der Waals surface area contributed by atoms with Gasteiger partial charge in [0.05, 0.1) is 12.7 Å². The minimum atomic E-state index is -0.226. The number of aromatic hydroxyl groups is 1. The SMILES string of the molecule is COc1ccc([C@H]2c3ccc(O)cc3Oc3ncn4nc(-c5cccc6ccccc56)nc4c32)cc1. The van der Waals surface area contributed by atoms with Crippen molar-refractivity contribution in [2.75, 3.05) is 7.11 Å². The van der Waals surface area contributed by atoms with Gasteiger partial charge < -0.3 is 14.6 Å². The summed E-state index contributed by atoms with van der Waals surface area (Å²) < 4.78 is 13.3. The molecule has 7 nitrogen and oxygen atoms in total. The number of hydrogen-bond acceptors (Lipinski definition) is 6. The van der Waals surface area contributed by atoms with Gasteiger partial charge in [0.1, 0.15) is 23.6 Å². The normalized spacial score (nSPS) is 14.3. The van der Waals surface area contributed by atoms with Gasteiger partial charge in [0.15, 0.2) is 11.5 Å². The Labute approximate surface area is 206 Å². The summed E-state index contributed by atoms with van der Waals surface area (Å²) in [6.45, 7) is 0. The molecule has 174 valence electrons. The van der Waals surface area contributed by atoms with Crippen LogP contribution >= 0.6 is 0 Å². The predicted molar refractivity (Wildman–Crippen MR) is 136 cm³/mol. The summed E-state index contributed by atoms with van der Waals surface area (Å²) in [5, 5.41) is 17.1. The van der Waals surface area contributed by atoms with Crippen LogP contribution in [-0.2, 0) is 0 Å². The van der Waals surface area contributed by atoms with Crippen molar-refractivity contribution in [2.45, 2.75) is 5.92 Å². The topological polar surface area (TPSA) is 81.8 Å². The van der Waals surface area contributed by atoms with E-state index >= 15 is 0 Å². The van der Waals surface area contributed by atoms with E-state index in [1.54, 1.807) is 30.1 Å². The number of ether oxygens (including phenoxy) is 2. The highest BCUT2D eigenvalue weighted by Gasteiger charge is 2.33. The van der Waals surface area contributed by atoms with E-state index < -0.39 is 0 Å². The van der Waals surface area contributed by atoms with E-state index in [0.717, 1.165) is 38.8 Å². The fraction of sp³-hybridized carbons (Fsp3) is 0.0690. The van der Waals surface area contributed by atoms with E-state index in [0.29, 0.717) is 23.1 Å². The third kappa shape index (κ3) is 3.10. The van der Waals surface area contributed by atoms with Crippen molar-refractivity contribution >= 4 is 16.4 Å². The zero-order valence-electron chi connectivity index (χ0n) is 19.3. The van der Waals surface area contributed by atoms with Crippen molar-refractivity contribution in [1.29, 1.82) is 0 Å². The molecular weight excluding hydrogens is 452 g/mol. The highest BCUT2D eigenvalue weighted by Crippen LogP contribution is 2.49. The van der Waals surface area contributed by atoms with Gasteiger partial charge in [-0.1, -0.05) is 60.7 Å². The van der Waals surface area contributed by atoms with Crippen molar-refractivity contribution in [3.8, 4) is 34.5 Å². The minimum Gasteiger partial charge on any atom is -0.508 e. The van der Waals surface area contributed by atoms with Gasteiger partial charge in [0, 0.05) is 23.1 Å². The van der Waals surface area contributed by atoms with Crippen molar-refractivity contribution in [1.82, 2.24) is 19.6 Å². The first-order valence-corrected chi connectivity index (χ1v) is 11.6. The molecule has 6 aromatic rings. The first-order chi connectivity index (χ1) is 17.7. The van der Waals surface area contributed by atoms with Crippen LogP contribution in [0.2, 0.25) is 0 Å². The van der Waals surface area contributed by atoms with Gasteiger partial charge in [-0.3, -0.25) is 0 Å². The third-order valence-electron chi connectivity index (χ3n) is 6.67. The second-order valence-corrected chi connectivity index (χ2v) is 8.72. The molecule has 0 saturated carbocycles. The van der Waals surface area contributed by atoms with Crippen LogP contribution in [-0.4, -0.2) is 31.8 Å². The number of methoxy groups -OCH3 is 1. The molecule has 36 heavy (non-hydrogen) atoms. The lowest BCUT2D eigenvalue weighted by atomic mass is 9.84. The van der Waals surface area contributed by atoms with Crippen molar-refractivity contribution in [3.05, 3.63) is 108 Å². The maximum absolute atomic E-state index is 10.1. The number of rotatable bonds is 3. The van der Waals surface area contributed by atoms with Crippen LogP contribution in [0, 0.1) is 0 Å². The fourth-order valence-electron chi connectivity index (χ4n) is 4.98. The van der Waals surface area contributed by atoms with E-state index in [-0.39, 0.29) is 11.7 Å². The monoisotopic (exact) mass is 472 g/mol. The zero-order valence-corrected chi connectivity index (χ0v) is 19.3. The molecule has 1 N–H and O–H groups in total. The molecule has 0 spiro atoms. The number of hydrogen-bond donors (Lipinski definition) is 1. The van der Waals surface area contributed by atoms with E-state index in [1.807, 2.05) is 54.6 Å². The first kappa shape index (κ1) is 20.5. The van der Waals surface area contributed by atoms with Crippen LogP contribution in [0.1, 0.15) is 22.6 Å². The number of benzene rings is 4. The lowest BCUT2D eigenvalue weighted by Crippen LogP contribution is -2.15. The average Bonchev–Trinajstić information content (AvgIpc) is 3.36. The Morgan fingerprint density at radius 3 is 2.64 bits per heavy atom. The molecular formula is C29H20N4O3. The molecule has 0 aliphatic carbocycles. The fourth-order valence-corrected chi connectivity index (χ4v) is 4.98. The molecule has 1 aliphatic heterocycles. The van der Waals surface area contributed by atoms with Crippen LogP contribution in [0.3, 0.4) is 0 Å². The Hall–Kier alpha value is -4.91. The summed E-state index contributed by atoms with van der Waals surface area (Å²) >= 11 is 0. The van der Waals surface area contributed by atoms with Crippen LogP contribution < -0.4 is 9.47 Å². The van der Waals surface area contributed by atoms with Crippen LogP contribution in [0.5, 0.6) is 23.1 Å². The number of phenolic OH excluding ortho intramolecular Hbond substituents is 1. The van der Waals surface area contributed by atoms with E-state index in [9.17, 15) is 5.11 Å². The zero-order chi connectivity index (χ0) is 24.2. The number of fused-ring (bicyclic) bond motifs is 5. The molecule has 0 amide bonds. The Morgan fingerprint density at radius 1 is 0.944 bits per heavy atom. The maximum Gasteiger partial charge on any atom is 0.228 e. The Kier molecular flexibility index (Phi) is 4.44. The molecule has 7 heteroatoms. The average molecular weight is 473 g/mol. The van der Waals surface area contributed by atoms with Gasteiger partial charge >= 0.3 is 0 Å². The largest absolute Gasteiger partial charge is 0.508 e. The Bertz CT molecular complexity index is 1770. The number of aromatic nitrogens is 4. The van der Waals surface area contributed by atoms with Gasteiger partial charge in [-0.05, 0) is 34.5 Å². The van der Waals surface area contributed by atoms with Gasteiger partial charge in [-0.25, -0.2) is 14.5 Å². The highest BCUT2D eigenvalue weighted by atomic mass is 16.5. The molecule has 0 saturated heterocycles. The third-order valence-corrected chi connectivity index (χ3v) is 6.67. The minimum absolute atomic E-state index is 0.132. The van der Waals surface area contributed by atoms with Crippen molar-refractivity contribution in [2.24, 2.45) is 0 Å². The van der Waals surface area contributed by atoms with Crippen LogP contribution in [0.25, 0.3) is 27.8 Å². The Morgan fingerprint density at radius 2 is 1.78 bits per heavy atom. The molecule has 4 aromatic carbocycles. The van der Waals surface area contributed by atoms with Crippen LogP contribution in [0.15, 0.2) is 91.3 Å². The first-order valence-electron chi connectivity index (χ1n) is 11.6. The highest BCUT2D eigenvalue weighted by molar-refractivity contribution is 5.95. The summed E-state index contributed by atoms with van der Waals surface area (Å²) in [4.78, 5) is 9.59. The molecule has 1 aliphatic rings. The van der Waals surface area contributed by atoms with Gasteiger partial charge in [-0.15, -0.1) is 5.10 Å². The predicted octanol–water partition coefficient (Wildman–Crippen LogP) is 5.94. The van der Waals surface area contributed by atoms with E-state index in [4.69, 9.17) is 19.6 Å². The molecule has 7 rings (SSSR count). The van der Waals surface area contributed by atoms with Crippen molar-refractivity contribution in [3.63, 3.8) is 0 Å². The van der Waals surface area contributed by atoms with Crippen LogP contribution in [0.4, 0.5) is 0 Å². The molecule has 1 atom stereocenters. The smallest absolute Gasteiger partial charge is 0.228 e. The summed E-state index contributed by atoms with van der Waals surface area (Å²) in [7, 11) is 1.65. The van der Waals surface area contributed by atoms with Gasteiger partial charge in [0.2, 0.25) is 5.88 Å². The number of phenols is 1. The summed E-state index contributed by atoms with van der Waals surface area (Å²) in [6.07, 6.45) is 1.62. The summed E-state index contributed by atoms with van der Waals surface area (Å²) in [5.41, 5.74) is 4.38. The lowest BCUT2D eigenvalue weighted by Gasteiger charge is -2.28. The quantitative estimate of drug-likeness (QED) is 0.343.